The molecule has 0 N–H and O–H groups in total. The summed E-state index contributed by atoms with van der Waals surface area (Å²) in [5, 5.41) is 0. The van der Waals surface area contributed by atoms with Gasteiger partial charge in [-0.15, -0.1) is 0 Å². The predicted molar refractivity (Wildman–Crippen MR) is 85.1 cm³/mol. The van der Waals surface area contributed by atoms with E-state index in [1.165, 1.54) is 0 Å². The van der Waals surface area contributed by atoms with Crippen LogP contribution < -0.4 is 5.46 Å². The number of rotatable bonds is 2. The summed E-state index contributed by atoms with van der Waals surface area (Å²) in [6, 6.07) is 2.85. The summed E-state index contributed by atoms with van der Waals surface area (Å²) in [7, 11) is 1.09. The minimum atomic E-state index is -2.48. The van der Waals surface area contributed by atoms with Gasteiger partial charge in [0.25, 0.3) is 0 Å². The van der Waals surface area contributed by atoms with Crippen molar-refractivity contribution < 1.29 is 43.9 Å². The lowest BCUT2D eigenvalue weighted by atomic mass is 9.81. The Morgan fingerprint density at radius 3 is 1.17 bits per heavy atom. The molecule has 3 aromatic rings. The number of halogens is 10. The van der Waals surface area contributed by atoms with Gasteiger partial charge < -0.3 is 0 Å². The van der Waals surface area contributed by atoms with Crippen LogP contribution in [-0.2, 0) is 0 Å². The van der Waals surface area contributed by atoms with Crippen LogP contribution >= 0.6 is 0 Å². The molecular weight excluding hydrogens is 417 g/mol. The van der Waals surface area contributed by atoms with Crippen molar-refractivity contribution in [1.82, 2.24) is 0 Å². The summed E-state index contributed by atoms with van der Waals surface area (Å²) in [6.07, 6.45) is 0. The Labute approximate surface area is 156 Å². The highest BCUT2D eigenvalue weighted by atomic mass is 19.2. The van der Waals surface area contributed by atoms with E-state index in [0.29, 0.717) is 0 Å². The fourth-order valence-electron chi connectivity index (χ4n) is 2.87. The normalized spacial score (nSPS) is 11.2. The molecule has 3 rings (SSSR count). The van der Waals surface area contributed by atoms with Crippen LogP contribution in [0.2, 0.25) is 0 Å². The van der Waals surface area contributed by atoms with Gasteiger partial charge in [0.15, 0.2) is 46.5 Å². The van der Waals surface area contributed by atoms with Gasteiger partial charge in [0.1, 0.15) is 7.85 Å². The van der Waals surface area contributed by atoms with E-state index in [-0.39, 0.29) is 5.46 Å². The average Bonchev–Trinajstić information content (AvgIpc) is 2.69. The lowest BCUT2D eigenvalue weighted by Crippen LogP contribution is -2.14. The fraction of sp³-hybridized carbons (Fsp3) is 0. The van der Waals surface area contributed by atoms with E-state index in [4.69, 9.17) is 0 Å². The second-order valence-electron chi connectivity index (χ2n) is 5.89. The van der Waals surface area contributed by atoms with Crippen LogP contribution in [-0.4, -0.2) is 7.85 Å². The van der Waals surface area contributed by atoms with Crippen molar-refractivity contribution in [3.8, 4) is 22.3 Å². The molecule has 0 fully saturated rings. The second-order valence-corrected chi connectivity index (χ2v) is 5.89. The van der Waals surface area contributed by atoms with E-state index >= 15 is 0 Å². The van der Waals surface area contributed by atoms with Crippen molar-refractivity contribution >= 4 is 13.3 Å². The molecule has 29 heavy (non-hydrogen) atoms. The van der Waals surface area contributed by atoms with Gasteiger partial charge in [-0.3, -0.25) is 0 Å². The van der Waals surface area contributed by atoms with Gasteiger partial charge in [0, 0.05) is 0 Å². The van der Waals surface area contributed by atoms with E-state index in [0.717, 1.165) is 26.0 Å². The Hall–Kier alpha value is -2.98. The first-order chi connectivity index (χ1) is 13.5. The van der Waals surface area contributed by atoms with Crippen LogP contribution in [0.15, 0.2) is 18.2 Å². The van der Waals surface area contributed by atoms with E-state index in [1.807, 2.05) is 0 Å². The van der Waals surface area contributed by atoms with Crippen LogP contribution in [0.4, 0.5) is 43.9 Å². The van der Waals surface area contributed by atoms with Gasteiger partial charge >= 0.3 is 0 Å². The zero-order valence-electron chi connectivity index (χ0n) is 14.0. The molecule has 0 aliphatic carbocycles. The summed E-state index contributed by atoms with van der Waals surface area (Å²) < 4.78 is 138. The smallest absolute Gasteiger partial charge is 0.200 e. The van der Waals surface area contributed by atoms with E-state index in [2.05, 4.69) is 0 Å². The molecule has 150 valence electrons. The molecule has 0 heterocycles. The first-order valence-corrected chi connectivity index (χ1v) is 7.63. The van der Waals surface area contributed by atoms with E-state index in [1.54, 1.807) is 0 Å². The van der Waals surface area contributed by atoms with Crippen molar-refractivity contribution in [2.45, 2.75) is 0 Å². The Morgan fingerprint density at radius 2 is 0.759 bits per heavy atom. The summed E-state index contributed by atoms with van der Waals surface area (Å²) >= 11 is 0. The third-order valence-corrected chi connectivity index (χ3v) is 4.21. The van der Waals surface area contributed by atoms with Crippen LogP contribution in [0.3, 0.4) is 0 Å². The highest BCUT2D eigenvalue weighted by molar-refractivity contribution is 6.37. The maximum absolute atomic E-state index is 14.3. The Morgan fingerprint density at radius 1 is 0.414 bits per heavy atom. The lowest BCUT2D eigenvalue weighted by Gasteiger charge is -2.17. The Kier molecular flexibility index (Phi) is 5.10. The SMILES string of the molecule is Bc1cccc(-c2c(F)c(F)c(F)c(F)c2F)c1-c1c(F)c(F)c(F)c(F)c1F. The second kappa shape index (κ2) is 7.13. The van der Waals surface area contributed by atoms with Gasteiger partial charge in [0.05, 0.1) is 11.1 Å². The molecule has 0 nitrogen and oxygen atoms in total. The molecule has 0 amide bonds. The van der Waals surface area contributed by atoms with Gasteiger partial charge in [-0.2, -0.15) is 0 Å². The molecule has 0 atom stereocenters. The summed E-state index contributed by atoms with van der Waals surface area (Å²) in [5.74, 6) is -23.7. The van der Waals surface area contributed by atoms with E-state index in [9.17, 15) is 43.9 Å². The number of hydrogen-bond donors (Lipinski definition) is 0. The molecule has 3 aromatic carbocycles. The fourth-order valence-corrected chi connectivity index (χ4v) is 2.87. The summed E-state index contributed by atoms with van der Waals surface area (Å²) in [4.78, 5) is 0. The first kappa shape index (κ1) is 20.8. The summed E-state index contributed by atoms with van der Waals surface area (Å²) in [5.41, 5.74) is -5.29. The molecule has 0 aromatic heterocycles. The van der Waals surface area contributed by atoms with Crippen molar-refractivity contribution in [2.24, 2.45) is 0 Å². The van der Waals surface area contributed by atoms with Crippen LogP contribution in [0.1, 0.15) is 0 Å². The molecule has 0 aliphatic rings. The molecule has 0 radical (unpaired) electrons. The number of benzene rings is 3. The van der Waals surface area contributed by atoms with Crippen molar-refractivity contribution in [2.75, 3.05) is 0 Å². The molecule has 0 unspecified atom stereocenters. The minimum absolute atomic E-state index is 0.255. The largest absolute Gasteiger partial charge is 0.203 e. The zero-order chi connectivity index (χ0) is 21.8. The third-order valence-electron chi connectivity index (χ3n) is 4.21. The molecule has 11 heteroatoms. The van der Waals surface area contributed by atoms with Crippen LogP contribution in [0.25, 0.3) is 22.3 Å². The highest BCUT2D eigenvalue weighted by Gasteiger charge is 2.32. The molecule has 0 spiro atoms. The molecule has 0 aliphatic heterocycles. The monoisotopic (exact) mass is 422 g/mol. The maximum Gasteiger partial charge on any atom is 0.200 e. The Balaban J connectivity index is 2.52. The minimum Gasteiger partial charge on any atom is -0.203 e. The third kappa shape index (κ3) is 2.95. The first-order valence-electron chi connectivity index (χ1n) is 7.63. The van der Waals surface area contributed by atoms with Gasteiger partial charge in [0.2, 0.25) is 11.6 Å². The molecule has 0 saturated carbocycles. The standard InChI is InChI=1S/C18H5BF10/c19-5-3-1-2-4(7-9(20)13(24)17(28)14(25)10(7)21)6(5)8-11(22)15(26)18(29)16(27)12(8)23/h1-3H,19H2. The maximum atomic E-state index is 14.3. The van der Waals surface area contributed by atoms with Crippen molar-refractivity contribution in [3.63, 3.8) is 0 Å². The quantitative estimate of drug-likeness (QED) is 0.244. The lowest BCUT2D eigenvalue weighted by molar-refractivity contribution is 0.380. The molecule has 0 bridgehead atoms. The van der Waals surface area contributed by atoms with Crippen molar-refractivity contribution in [1.29, 1.82) is 0 Å². The topological polar surface area (TPSA) is 0 Å². The van der Waals surface area contributed by atoms with Gasteiger partial charge in [-0.05, 0) is 11.1 Å². The molecule has 0 saturated heterocycles. The van der Waals surface area contributed by atoms with Crippen molar-refractivity contribution in [3.05, 3.63) is 76.4 Å². The average molecular weight is 422 g/mol. The highest BCUT2D eigenvalue weighted by Crippen LogP contribution is 2.39. The van der Waals surface area contributed by atoms with E-state index < -0.39 is 80.4 Å². The van der Waals surface area contributed by atoms with Crippen LogP contribution in [0.5, 0.6) is 0 Å². The Bertz CT molecular complexity index is 1110. The zero-order valence-corrected chi connectivity index (χ0v) is 14.0. The number of hydrogen-bond acceptors (Lipinski definition) is 0. The van der Waals surface area contributed by atoms with Crippen LogP contribution in [0, 0.1) is 58.2 Å². The molecular formula is C18H5BF10. The van der Waals surface area contributed by atoms with Gasteiger partial charge in [-0.1, -0.05) is 23.7 Å². The predicted octanol–water partition coefficient (Wildman–Crippen LogP) is 4.67. The van der Waals surface area contributed by atoms with Gasteiger partial charge in [-0.25, -0.2) is 43.9 Å². The summed E-state index contributed by atoms with van der Waals surface area (Å²) in [6.45, 7) is 0.